The second-order valence-electron chi connectivity index (χ2n) is 7.38. The van der Waals surface area contributed by atoms with Gasteiger partial charge in [-0.15, -0.1) is 16.4 Å². The summed E-state index contributed by atoms with van der Waals surface area (Å²) < 4.78 is 5.19. The minimum Gasteiger partial charge on any atom is -0.497 e. The summed E-state index contributed by atoms with van der Waals surface area (Å²) in [4.78, 5) is 28.5. The van der Waals surface area contributed by atoms with Gasteiger partial charge in [0.25, 0.3) is 11.8 Å². The smallest absolute Gasteiger partial charge is 0.263 e. The number of aromatic nitrogens is 2. The van der Waals surface area contributed by atoms with E-state index in [9.17, 15) is 9.59 Å². The predicted molar refractivity (Wildman–Crippen MR) is 116 cm³/mol. The summed E-state index contributed by atoms with van der Waals surface area (Å²) in [5.74, 6) is 0.320. The Morgan fingerprint density at radius 3 is 2.87 bits per heavy atom. The highest BCUT2D eigenvalue weighted by Crippen LogP contribution is 2.35. The summed E-state index contributed by atoms with van der Waals surface area (Å²) in [5.41, 5.74) is 9.00. The molecule has 8 nitrogen and oxygen atoms in total. The quantitative estimate of drug-likeness (QED) is 0.665. The first-order chi connectivity index (χ1) is 14.4. The Hall–Kier alpha value is -3.20. The number of aryl methyl sites for hydroxylation is 2. The van der Waals surface area contributed by atoms with E-state index >= 15 is 0 Å². The van der Waals surface area contributed by atoms with E-state index in [0.717, 1.165) is 16.6 Å². The van der Waals surface area contributed by atoms with Gasteiger partial charge >= 0.3 is 0 Å². The van der Waals surface area contributed by atoms with Gasteiger partial charge in [0, 0.05) is 30.1 Å². The van der Waals surface area contributed by atoms with Crippen molar-refractivity contribution in [3.63, 3.8) is 0 Å². The molecular formula is C21H23N5O3S. The van der Waals surface area contributed by atoms with Gasteiger partial charge in [-0.05, 0) is 44.0 Å². The van der Waals surface area contributed by atoms with Crippen molar-refractivity contribution >= 4 is 39.1 Å². The highest BCUT2D eigenvalue weighted by atomic mass is 32.1. The first-order valence-electron chi connectivity index (χ1n) is 9.65. The number of rotatable bonds is 4. The van der Waals surface area contributed by atoms with Crippen LogP contribution in [0.15, 0.2) is 24.3 Å². The number of nitrogens with zero attached hydrogens (tertiary/aromatic N) is 3. The summed E-state index contributed by atoms with van der Waals surface area (Å²) in [5, 5.41) is 12.1. The number of fused-ring (bicyclic) bond motifs is 1. The van der Waals surface area contributed by atoms with Crippen molar-refractivity contribution in [2.45, 2.75) is 26.3 Å². The Bertz CT molecular complexity index is 1140. The molecule has 1 unspecified atom stereocenters. The molecule has 3 N–H and O–H groups in total. The number of carbonyl (C=O) groups is 2. The number of benzene rings is 1. The Labute approximate surface area is 178 Å². The lowest BCUT2D eigenvalue weighted by Gasteiger charge is -2.17. The van der Waals surface area contributed by atoms with Crippen molar-refractivity contribution < 1.29 is 14.3 Å². The van der Waals surface area contributed by atoms with Gasteiger partial charge < -0.3 is 20.7 Å². The molecular weight excluding hydrogens is 402 g/mol. The van der Waals surface area contributed by atoms with E-state index in [1.165, 1.54) is 11.3 Å². The molecule has 4 rings (SSSR count). The first-order valence-corrected chi connectivity index (χ1v) is 10.5. The van der Waals surface area contributed by atoms with Crippen molar-refractivity contribution in [3.8, 4) is 5.75 Å². The van der Waals surface area contributed by atoms with Crippen molar-refractivity contribution in [2.75, 3.05) is 25.9 Å². The largest absolute Gasteiger partial charge is 0.497 e. The minimum absolute atomic E-state index is 0.0756. The molecule has 1 aliphatic rings. The van der Waals surface area contributed by atoms with Gasteiger partial charge in [-0.3, -0.25) is 9.59 Å². The molecule has 1 atom stereocenters. The molecule has 1 aliphatic heterocycles. The minimum atomic E-state index is -0.242. The van der Waals surface area contributed by atoms with Crippen molar-refractivity contribution in [1.29, 1.82) is 0 Å². The lowest BCUT2D eigenvalue weighted by atomic mass is 10.1. The molecule has 0 spiro atoms. The normalized spacial score (nSPS) is 16.1. The molecule has 3 aromatic rings. The molecule has 0 aliphatic carbocycles. The molecule has 9 heteroatoms. The maximum atomic E-state index is 12.9. The topological polar surface area (TPSA) is 110 Å². The van der Waals surface area contributed by atoms with Gasteiger partial charge in [0.05, 0.1) is 18.5 Å². The highest BCUT2D eigenvalue weighted by molar-refractivity contribution is 7.21. The number of methoxy groups -OCH3 is 1. The molecule has 1 saturated heterocycles. The molecule has 0 saturated carbocycles. The van der Waals surface area contributed by atoms with Crippen molar-refractivity contribution in [3.05, 3.63) is 46.0 Å². The molecule has 1 aromatic carbocycles. The van der Waals surface area contributed by atoms with Gasteiger partial charge in [-0.1, -0.05) is 6.07 Å². The third-order valence-corrected chi connectivity index (χ3v) is 6.56. The molecule has 30 heavy (non-hydrogen) atoms. The van der Waals surface area contributed by atoms with Crippen LogP contribution in [-0.4, -0.2) is 53.2 Å². The number of nitrogens with two attached hydrogens (primary N) is 1. The first kappa shape index (κ1) is 20.1. The molecule has 0 bridgehead atoms. The average Bonchev–Trinajstić information content (AvgIpc) is 3.35. The van der Waals surface area contributed by atoms with E-state index in [2.05, 4.69) is 15.5 Å². The van der Waals surface area contributed by atoms with Gasteiger partial charge in [-0.2, -0.15) is 5.10 Å². The Kier molecular flexibility index (Phi) is 5.29. The summed E-state index contributed by atoms with van der Waals surface area (Å²) in [7, 11) is 1.57. The van der Waals surface area contributed by atoms with E-state index in [1.54, 1.807) is 36.3 Å². The van der Waals surface area contributed by atoms with E-state index in [4.69, 9.17) is 10.5 Å². The maximum absolute atomic E-state index is 12.9. The van der Waals surface area contributed by atoms with Crippen molar-refractivity contribution in [2.24, 2.45) is 0 Å². The number of amides is 2. The second-order valence-corrected chi connectivity index (χ2v) is 8.38. The SMILES string of the molecule is COc1cccc(C(=O)N2CCC(NC(=O)c3sc4nnc(C)c(C)c4c3N)C2)c1. The standard InChI is InChI=1S/C21H23N5O3S/c1-11-12(2)24-25-20-16(11)17(22)18(30-20)19(27)23-14-7-8-26(10-14)21(28)13-5-4-6-15(9-13)29-3/h4-6,9,14H,7-8,10,22H2,1-3H3,(H,23,27). The van der Waals surface area contributed by atoms with Gasteiger partial charge in [0.15, 0.2) is 0 Å². The highest BCUT2D eigenvalue weighted by Gasteiger charge is 2.29. The van der Waals surface area contributed by atoms with E-state index in [1.807, 2.05) is 13.8 Å². The fourth-order valence-corrected chi connectivity index (χ4v) is 4.67. The number of thiophene rings is 1. The van der Waals surface area contributed by atoms with Crippen LogP contribution >= 0.6 is 11.3 Å². The number of carbonyl (C=O) groups excluding carboxylic acids is 2. The average molecular weight is 426 g/mol. The Morgan fingerprint density at radius 2 is 2.10 bits per heavy atom. The van der Waals surface area contributed by atoms with Crippen molar-refractivity contribution in [1.82, 2.24) is 20.4 Å². The lowest BCUT2D eigenvalue weighted by molar-refractivity contribution is 0.0783. The lowest BCUT2D eigenvalue weighted by Crippen LogP contribution is -2.38. The van der Waals surface area contributed by atoms with Crippen LogP contribution in [0, 0.1) is 13.8 Å². The maximum Gasteiger partial charge on any atom is 0.263 e. The Morgan fingerprint density at radius 1 is 1.30 bits per heavy atom. The molecule has 0 radical (unpaired) electrons. The number of likely N-dealkylation sites (tertiary alicyclic amines) is 1. The molecule has 156 valence electrons. The third-order valence-electron chi connectivity index (χ3n) is 5.47. The molecule has 1 fully saturated rings. The second kappa shape index (κ2) is 7.91. The van der Waals surface area contributed by atoms with Crippen LogP contribution in [0.3, 0.4) is 0 Å². The fourth-order valence-electron chi connectivity index (χ4n) is 3.66. The Balaban J connectivity index is 1.46. The summed E-state index contributed by atoms with van der Waals surface area (Å²) in [6, 6.07) is 6.94. The van der Waals surface area contributed by atoms with Gasteiger partial charge in [0.1, 0.15) is 15.5 Å². The van der Waals surface area contributed by atoms with Gasteiger partial charge in [0.2, 0.25) is 0 Å². The van der Waals surface area contributed by atoms with E-state index in [-0.39, 0.29) is 17.9 Å². The third kappa shape index (κ3) is 3.56. The predicted octanol–water partition coefficient (Wildman–Crippen LogP) is 2.54. The number of nitrogens with one attached hydrogen (secondary N) is 1. The number of ether oxygens (including phenoxy) is 1. The summed E-state index contributed by atoms with van der Waals surface area (Å²) >= 11 is 1.24. The zero-order chi connectivity index (χ0) is 21.4. The number of anilines is 1. The van der Waals surface area contributed by atoms with Crippen LogP contribution < -0.4 is 15.8 Å². The molecule has 2 amide bonds. The van der Waals surface area contributed by atoms with Crippen LogP contribution in [0.4, 0.5) is 5.69 Å². The fraction of sp³-hybridized carbons (Fsp3) is 0.333. The zero-order valence-corrected chi connectivity index (χ0v) is 17.9. The number of hydrogen-bond acceptors (Lipinski definition) is 7. The zero-order valence-electron chi connectivity index (χ0n) is 17.1. The van der Waals surface area contributed by atoms with Crippen LogP contribution in [0.1, 0.15) is 37.7 Å². The van der Waals surface area contributed by atoms with E-state index in [0.29, 0.717) is 46.2 Å². The van der Waals surface area contributed by atoms with Gasteiger partial charge in [-0.25, -0.2) is 0 Å². The summed E-state index contributed by atoms with van der Waals surface area (Å²) in [6.45, 7) is 4.82. The molecule has 3 heterocycles. The monoisotopic (exact) mass is 425 g/mol. The molecule has 2 aromatic heterocycles. The van der Waals surface area contributed by atoms with Crippen LogP contribution in [0.2, 0.25) is 0 Å². The number of nitrogen functional groups attached to an aromatic ring is 1. The number of hydrogen-bond donors (Lipinski definition) is 2. The van der Waals surface area contributed by atoms with Crippen LogP contribution in [-0.2, 0) is 0 Å². The van der Waals surface area contributed by atoms with E-state index < -0.39 is 0 Å². The summed E-state index contributed by atoms with van der Waals surface area (Å²) in [6.07, 6.45) is 0.685. The van der Waals surface area contributed by atoms with Crippen LogP contribution in [0.5, 0.6) is 5.75 Å². The van der Waals surface area contributed by atoms with Crippen LogP contribution in [0.25, 0.3) is 10.2 Å².